The second kappa shape index (κ2) is 8.86. The Morgan fingerprint density at radius 2 is 2.25 bits per heavy atom. The molecule has 0 aliphatic carbocycles. The van der Waals surface area contributed by atoms with E-state index < -0.39 is 0 Å². The Bertz CT molecular complexity index is 1370. The predicted molar refractivity (Wildman–Crippen MR) is 127 cm³/mol. The summed E-state index contributed by atoms with van der Waals surface area (Å²) < 4.78 is 9.86. The van der Waals surface area contributed by atoms with Crippen LogP contribution < -0.4 is 10.9 Å². The topological polar surface area (TPSA) is 90.5 Å². The first kappa shape index (κ1) is 21.4. The third-order valence-corrected chi connectivity index (χ3v) is 7.45. The number of ether oxygens (including phenoxy) is 1. The Hall–Kier alpha value is -2.40. The van der Waals surface area contributed by atoms with Gasteiger partial charge in [-0.05, 0) is 48.9 Å². The highest BCUT2D eigenvalue weighted by molar-refractivity contribution is 7.99. The maximum absolute atomic E-state index is 13.1. The molecule has 1 saturated heterocycles. The van der Waals surface area contributed by atoms with E-state index in [1.807, 2.05) is 28.8 Å². The van der Waals surface area contributed by atoms with E-state index >= 15 is 0 Å². The number of thiophene rings is 1. The minimum Gasteiger partial charge on any atom is -0.376 e. The fourth-order valence-electron chi connectivity index (χ4n) is 3.80. The summed E-state index contributed by atoms with van der Waals surface area (Å²) in [5.74, 6) is 0.430. The van der Waals surface area contributed by atoms with Crippen molar-refractivity contribution in [1.82, 2.24) is 19.2 Å². The van der Waals surface area contributed by atoms with Crippen LogP contribution in [0.25, 0.3) is 16.0 Å². The maximum Gasteiger partial charge on any atom is 0.272 e. The molecule has 5 rings (SSSR count). The summed E-state index contributed by atoms with van der Waals surface area (Å²) in [5.41, 5.74) is 2.27. The number of benzene rings is 1. The minimum atomic E-state index is -0.175. The smallest absolute Gasteiger partial charge is 0.272 e. The van der Waals surface area contributed by atoms with Gasteiger partial charge in [0.25, 0.3) is 5.56 Å². The Morgan fingerprint density at radius 1 is 1.38 bits per heavy atom. The van der Waals surface area contributed by atoms with E-state index in [0.29, 0.717) is 39.5 Å². The molecule has 1 amide bonds. The molecule has 4 heterocycles. The van der Waals surface area contributed by atoms with Crippen molar-refractivity contribution < 1.29 is 9.53 Å². The van der Waals surface area contributed by atoms with Crippen molar-refractivity contribution in [2.45, 2.75) is 37.6 Å². The molecule has 0 radical (unpaired) electrons. The molecule has 1 fully saturated rings. The zero-order valence-electron chi connectivity index (χ0n) is 17.2. The van der Waals surface area contributed by atoms with E-state index in [-0.39, 0.29) is 23.3 Å². The molecule has 0 bridgehead atoms. The molecule has 1 atom stereocenters. The van der Waals surface area contributed by atoms with Crippen molar-refractivity contribution in [2.75, 3.05) is 17.7 Å². The summed E-state index contributed by atoms with van der Waals surface area (Å²) >= 11 is 8.71. The molecule has 1 N–H and O–H groups in total. The number of anilines is 1. The number of aromatic nitrogens is 4. The number of carbonyl (C=O) groups is 1. The van der Waals surface area contributed by atoms with E-state index in [2.05, 4.69) is 15.5 Å². The molecule has 4 aromatic rings. The zero-order chi connectivity index (χ0) is 22.2. The maximum atomic E-state index is 13.1. The van der Waals surface area contributed by atoms with E-state index in [0.717, 1.165) is 23.9 Å². The van der Waals surface area contributed by atoms with E-state index in [1.165, 1.54) is 23.1 Å². The Kier molecular flexibility index (Phi) is 5.93. The van der Waals surface area contributed by atoms with Gasteiger partial charge >= 0.3 is 0 Å². The summed E-state index contributed by atoms with van der Waals surface area (Å²) in [6.45, 7) is 3.06. The summed E-state index contributed by atoms with van der Waals surface area (Å²) in [7, 11) is 0. The molecule has 8 nitrogen and oxygen atoms in total. The van der Waals surface area contributed by atoms with Gasteiger partial charge in [0.1, 0.15) is 4.70 Å². The quantitative estimate of drug-likeness (QED) is 0.412. The van der Waals surface area contributed by atoms with Crippen LogP contribution in [0.5, 0.6) is 0 Å². The highest BCUT2D eigenvalue weighted by atomic mass is 35.5. The van der Waals surface area contributed by atoms with Crippen molar-refractivity contribution in [3.05, 3.63) is 50.6 Å². The van der Waals surface area contributed by atoms with Crippen LogP contribution in [-0.2, 0) is 16.1 Å². The Balaban J connectivity index is 1.43. The van der Waals surface area contributed by atoms with Crippen LogP contribution >= 0.6 is 34.7 Å². The molecule has 0 unspecified atom stereocenters. The lowest BCUT2D eigenvalue weighted by Gasteiger charge is -2.13. The third kappa shape index (κ3) is 4.03. The average Bonchev–Trinajstić information content (AvgIpc) is 3.52. The molecule has 1 aromatic carbocycles. The van der Waals surface area contributed by atoms with Crippen molar-refractivity contribution in [3.8, 4) is 0 Å². The second-order valence-electron chi connectivity index (χ2n) is 7.60. The minimum absolute atomic E-state index is 0.00608. The first-order valence-corrected chi connectivity index (χ1v) is 12.4. The number of nitrogens with one attached hydrogen (secondary N) is 1. The van der Waals surface area contributed by atoms with E-state index in [9.17, 15) is 9.59 Å². The van der Waals surface area contributed by atoms with Gasteiger partial charge in [0.05, 0.1) is 23.9 Å². The van der Waals surface area contributed by atoms with Gasteiger partial charge in [0.15, 0.2) is 5.16 Å². The van der Waals surface area contributed by atoms with Crippen LogP contribution in [0, 0.1) is 6.92 Å². The van der Waals surface area contributed by atoms with Gasteiger partial charge in [-0.15, -0.1) is 21.5 Å². The number of halogens is 1. The lowest BCUT2D eigenvalue weighted by Crippen LogP contribution is -2.28. The van der Waals surface area contributed by atoms with E-state index in [4.69, 9.17) is 16.3 Å². The first-order chi connectivity index (χ1) is 15.5. The fourth-order valence-corrected chi connectivity index (χ4v) is 5.53. The largest absolute Gasteiger partial charge is 0.376 e. The third-order valence-electron chi connectivity index (χ3n) is 5.40. The van der Waals surface area contributed by atoms with Gasteiger partial charge in [0.2, 0.25) is 11.7 Å². The highest BCUT2D eigenvalue weighted by Crippen LogP contribution is 2.26. The lowest BCUT2D eigenvalue weighted by molar-refractivity contribution is -0.113. The molecule has 3 aromatic heterocycles. The molecule has 32 heavy (non-hydrogen) atoms. The fraction of sp³-hybridized carbons (Fsp3) is 0.333. The molecular weight excluding hydrogens is 470 g/mol. The van der Waals surface area contributed by atoms with Gasteiger partial charge < -0.3 is 10.1 Å². The van der Waals surface area contributed by atoms with Crippen LogP contribution in [0.15, 0.2) is 39.6 Å². The summed E-state index contributed by atoms with van der Waals surface area (Å²) in [6, 6.07) is 7.25. The number of hydrogen-bond acceptors (Lipinski definition) is 7. The van der Waals surface area contributed by atoms with Crippen LogP contribution in [0.1, 0.15) is 18.4 Å². The Labute approximate surface area is 196 Å². The van der Waals surface area contributed by atoms with Crippen LogP contribution in [0.2, 0.25) is 5.02 Å². The van der Waals surface area contributed by atoms with Crippen molar-refractivity contribution in [1.29, 1.82) is 0 Å². The van der Waals surface area contributed by atoms with Gasteiger partial charge in [0, 0.05) is 17.3 Å². The zero-order valence-corrected chi connectivity index (χ0v) is 19.6. The van der Waals surface area contributed by atoms with E-state index in [1.54, 1.807) is 16.7 Å². The highest BCUT2D eigenvalue weighted by Gasteiger charge is 2.23. The normalized spacial score (nSPS) is 16.2. The summed E-state index contributed by atoms with van der Waals surface area (Å²) in [5, 5.41) is 14.5. The number of carbonyl (C=O) groups excluding carboxylic acids is 1. The average molecular weight is 490 g/mol. The number of thioether (sulfide) groups is 1. The monoisotopic (exact) mass is 489 g/mol. The van der Waals surface area contributed by atoms with Crippen LogP contribution in [0.4, 0.5) is 5.69 Å². The standard InChI is InChI=1S/C21H20ClN5O3S2/c1-12-4-5-13(22)9-15(12)23-17(28)11-32-21-25-24-20-26(10-14-3-2-7-30-14)19(29)18-16(27(20)21)6-8-31-18/h4-6,8-9,14H,2-3,7,10-11H2,1H3,(H,23,28)/t14-/m1/s1. The van der Waals surface area contributed by atoms with Crippen molar-refractivity contribution in [2.24, 2.45) is 0 Å². The number of aryl methyl sites for hydroxylation is 1. The molecule has 1 aliphatic rings. The van der Waals surface area contributed by atoms with Gasteiger partial charge in [-0.1, -0.05) is 29.4 Å². The Morgan fingerprint density at radius 3 is 3.06 bits per heavy atom. The number of amides is 1. The first-order valence-electron chi connectivity index (χ1n) is 10.2. The number of nitrogens with zero attached hydrogens (tertiary/aromatic N) is 4. The number of hydrogen-bond donors (Lipinski definition) is 1. The lowest BCUT2D eigenvalue weighted by atomic mass is 10.2. The van der Waals surface area contributed by atoms with Gasteiger partial charge in [-0.2, -0.15) is 0 Å². The predicted octanol–water partition coefficient (Wildman–Crippen LogP) is 3.98. The number of rotatable bonds is 6. The number of fused-ring (bicyclic) bond motifs is 3. The van der Waals surface area contributed by atoms with Gasteiger partial charge in [-0.3, -0.25) is 18.6 Å². The summed E-state index contributed by atoms with van der Waals surface area (Å²) in [4.78, 5) is 25.7. The molecule has 1 aliphatic heterocycles. The molecule has 0 spiro atoms. The molecule has 166 valence electrons. The molecular formula is C21H20ClN5O3S2. The molecule has 11 heteroatoms. The summed E-state index contributed by atoms with van der Waals surface area (Å²) in [6.07, 6.45) is 1.90. The SMILES string of the molecule is Cc1ccc(Cl)cc1NC(=O)CSc1nnc2n(C[C@H]3CCCO3)c(=O)c3sccc3n12. The van der Waals surface area contributed by atoms with Crippen LogP contribution in [0.3, 0.4) is 0 Å². The second-order valence-corrected chi connectivity index (χ2v) is 9.89. The van der Waals surface area contributed by atoms with Crippen molar-refractivity contribution >= 4 is 62.3 Å². The van der Waals surface area contributed by atoms with Gasteiger partial charge in [-0.25, -0.2) is 0 Å². The van der Waals surface area contributed by atoms with Crippen LogP contribution in [-0.4, -0.2) is 43.5 Å². The molecule has 0 saturated carbocycles. The van der Waals surface area contributed by atoms with Crippen molar-refractivity contribution in [3.63, 3.8) is 0 Å².